The Balaban J connectivity index is 2.55. The van der Waals surface area contributed by atoms with E-state index in [0.29, 0.717) is 0 Å². The fraction of sp³-hybridized carbons (Fsp3) is 0.364. The Bertz CT molecular complexity index is 358. The number of rotatable bonds is 4. The van der Waals surface area contributed by atoms with Crippen molar-refractivity contribution in [2.24, 2.45) is 0 Å². The largest absolute Gasteiger partial charge is 0.394 e. The van der Waals surface area contributed by atoms with E-state index < -0.39 is 0 Å². The predicted molar refractivity (Wildman–Crippen MR) is 66.9 cm³/mol. The second-order valence-corrected chi connectivity index (χ2v) is 4.29. The molecule has 88 valence electrons. The lowest BCUT2D eigenvalue weighted by Crippen LogP contribution is -2.38. The van der Waals surface area contributed by atoms with E-state index in [4.69, 9.17) is 5.11 Å². The monoisotopic (exact) mass is 240 g/mol. The van der Waals surface area contributed by atoms with E-state index in [0.717, 1.165) is 10.6 Å². The summed E-state index contributed by atoms with van der Waals surface area (Å²) in [6, 6.07) is 7.03. The predicted octanol–water partition coefficient (Wildman–Crippen LogP) is 1.91. The molecule has 0 bridgehead atoms. The summed E-state index contributed by atoms with van der Waals surface area (Å²) >= 11 is 1.62. The second-order valence-electron chi connectivity index (χ2n) is 3.41. The summed E-state index contributed by atoms with van der Waals surface area (Å²) in [5, 5.41) is 14.1. The molecule has 1 rings (SSSR count). The molecule has 1 aromatic rings. The van der Waals surface area contributed by atoms with Gasteiger partial charge in [-0.25, -0.2) is 4.79 Å². The van der Waals surface area contributed by atoms with Crippen LogP contribution in [0.25, 0.3) is 0 Å². The first-order valence-electron chi connectivity index (χ1n) is 4.98. The third kappa shape index (κ3) is 4.12. The van der Waals surface area contributed by atoms with E-state index in [1.165, 1.54) is 0 Å². The molecule has 0 heterocycles. The molecule has 0 aliphatic heterocycles. The summed E-state index contributed by atoms with van der Waals surface area (Å²) < 4.78 is 0. The molecule has 4 nitrogen and oxygen atoms in total. The maximum absolute atomic E-state index is 11.4. The molecule has 0 aromatic heterocycles. The van der Waals surface area contributed by atoms with Crippen LogP contribution >= 0.6 is 11.8 Å². The number of aliphatic hydroxyl groups excluding tert-OH is 1. The lowest BCUT2D eigenvalue weighted by Gasteiger charge is -2.12. The van der Waals surface area contributed by atoms with Crippen LogP contribution in [0.2, 0.25) is 0 Å². The fourth-order valence-electron chi connectivity index (χ4n) is 1.14. The third-order valence-electron chi connectivity index (χ3n) is 1.98. The van der Waals surface area contributed by atoms with Gasteiger partial charge in [0.1, 0.15) is 0 Å². The number of thioether (sulfide) groups is 1. The molecule has 2 amide bonds. The van der Waals surface area contributed by atoms with Gasteiger partial charge in [0, 0.05) is 10.6 Å². The summed E-state index contributed by atoms with van der Waals surface area (Å²) in [6.45, 7) is 1.66. The molecule has 0 aliphatic carbocycles. The maximum Gasteiger partial charge on any atom is 0.319 e. The van der Waals surface area contributed by atoms with Crippen molar-refractivity contribution in [2.45, 2.75) is 17.9 Å². The van der Waals surface area contributed by atoms with Crippen molar-refractivity contribution in [2.75, 3.05) is 18.2 Å². The zero-order valence-electron chi connectivity index (χ0n) is 9.36. The minimum Gasteiger partial charge on any atom is -0.394 e. The molecule has 1 atom stereocenters. The van der Waals surface area contributed by atoms with Gasteiger partial charge in [0.15, 0.2) is 0 Å². The van der Waals surface area contributed by atoms with Crippen molar-refractivity contribution in [3.05, 3.63) is 24.3 Å². The number of anilines is 1. The van der Waals surface area contributed by atoms with Crippen LogP contribution in [0.1, 0.15) is 6.92 Å². The Morgan fingerprint density at radius 1 is 1.56 bits per heavy atom. The number of aliphatic hydroxyl groups is 1. The Labute approximate surface area is 99.4 Å². The molecule has 0 fully saturated rings. The molecule has 0 aliphatic rings. The van der Waals surface area contributed by atoms with E-state index in [2.05, 4.69) is 10.6 Å². The molecule has 0 radical (unpaired) electrons. The van der Waals surface area contributed by atoms with Crippen molar-refractivity contribution >= 4 is 23.5 Å². The summed E-state index contributed by atoms with van der Waals surface area (Å²) in [7, 11) is 0. The minimum absolute atomic E-state index is 0.0712. The zero-order chi connectivity index (χ0) is 12.0. The van der Waals surface area contributed by atoms with Gasteiger partial charge in [-0.15, -0.1) is 11.8 Å². The second kappa shape index (κ2) is 6.40. The van der Waals surface area contributed by atoms with Crippen LogP contribution in [0.3, 0.4) is 0 Å². The number of carbonyl (C=O) groups excluding carboxylic acids is 1. The van der Waals surface area contributed by atoms with Crippen LogP contribution in [-0.4, -0.2) is 30.0 Å². The Morgan fingerprint density at radius 3 is 2.94 bits per heavy atom. The average molecular weight is 240 g/mol. The minimum atomic E-state index is -0.306. The van der Waals surface area contributed by atoms with E-state index in [-0.39, 0.29) is 18.7 Å². The molecule has 5 heteroatoms. The molecule has 0 saturated heterocycles. The van der Waals surface area contributed by atoms with Crippen LogP contribution in [-0.2, 0) is 0 Å². The zero-order valence-corrected chi connectivity index (χ0v) is 10.2. The molecule has 1 aromatic carbocycles. The van der Waals surface area contributed by atoms with Crippen LogP contribution in [0.15, 0.2) is 29.2 Å². The van der Waals surface area contributed by atoms with Crippen LogP contribution in [0.5, 0.6) is 0 Å². The standard InChI is InChI=1S/C11H16N2O2S/c1-8(7-14)12-11(15)13-9-4-3-5-10(6-9)16-2/h3-6,8,14H,7H2,1-2H3,(H2,12,13,15)/t8-/m0/s1. The summed E-state index contributed by atoms with van der Waals surface area (Å²) in [6.07, 6.45) is 1.98. The van der Waals surface area contributed by atoms with Gasteiger partial charge >= 0.3 is 6.03 Å². The van der Waals surface area contributed by atoms with Crippen LogP contribution in [0, 0.1) is 0 Å². The van der Waals surface area contributed by atoms with Crippen molar-refractivity contribution < 1.29 is 9.90 Å². The van der Waals surface area contributed by atoms with Gasteiger partial charge in [-0.3, -0.25) is 0 Å². The molecule has 3 N–H and O–H groups in total. The van der Waals surface area contributed by atoms with Crippen molar-refractivity contribution in [1.29, 1.82) is 0 Å². The SMILES string of the molecule is CSc1cccc(NC(=O)N[C@@H](C)CO)c1. The van der Waals surface area contributed by atoms with Crippen LogP contribution < -0.4 is 10.6 Å². The highest BCUT2D eigenvalue weighted by Crippen LogP contribution is 2.18. The van der Waals surface area contributed by atoms with E-state index in [9.17, 15) is 4.79 Å². The first kappa shape index (κ1) is 12.9. The number of hydrogen-bond acceptors (Lipinski definition) is 3. The van der Waals surface area contributed by atoms with Crippen molar-refractivity contribution in [1.82, 2.24) is 5.32 Å². The molecular formula is C11H16N2O2S. The van der Waals surface area contributed by atoms with Gasteiger partial charge in [0.05, 0.1) is 12.6 Å². The van der Waals surface area contributed by atoms with Crippen molar-refractivity contribution in [3.8, 4) is 0 Å². The fourth-order valence-corrected chi connectivity index (χ4v) is 1.60. The summed E-state index contributed by atoms with van der Waals surface area (Å²) in [5.74, 6) is 0. The van der Waals surface area contributed by atoms with Gasteiger partial charge in [0.25, 0.3) is 0 Å². The number of carbonyl (C=O) groups is 1. The van der Waals surface area contributed by atoms with Crippen molar-refractivity contribution in [3.63, 3.8) is 0 Å². The maximum atomic E-state index is 11.4. The van der Waals surface area contributed by atoms with E-state index in [1.54, 1.807) is 18.7 Å². The highest BCUT2D eigenvalue weighted by atomic mass is 32.2. The number of benzene rings is 1. The Kier molecular flexibility index (Phi) is 5.14. The van der Waals surface area contributed by atoms with E-state index >= 15 is 0 Å². The first-order valence-corrected chi connectivity index (χ1v) is 6.20. The lowest BCUT2D eigenvalue weighted by molar-refractivity contribution is 0.229. The van der Waals surface area contributed by atoms with Gasteiger partial charge in [-0.05, 0) is 31.4 Å². The van der Waals surface area contributed by atoms with Gasteiger partial charge in [-0.2, -0.15) is 0 Å². The van der Waals surface area contributed by atoms with Crippen LogP contribution in [0.4, 0.5) is 10.5 Å². The molecule has 0 saturated carbocycles. The Hall–Kier alpha value is -1.20. The van der Waals surface area contributed by atoms with E-state index in [1.807, 2.05) is 30.5 Å². The number of hydrogen-bond donors (Lipinski definition) is 3. The molecule has 16 heavy (non-hydrogen) atoms. The Morgan fingerprint density at radius 2 is 2.31 bits per heavy atom. The highest BCUT2D eigenvalue weighted by Gasteiger charge is 2.05. The topological polar surface area (TPSA) is 61.4 Å². The van der Waals surface area contributed by atoms with Gasteiger partial charge in [-0.1, -0.05) is 6.07 Å². The lowest BCUT2D eigenvalue weighted by atomic mass is 10.3. The van der Waals surface area contributed by atoms with Gasteiger partial charge in [0.2, 0.25) is 0 Å². The molecular weight excluding hydrogens is 224 g/mol. The summed E-state index contributed by atoms with van der Waals surface area (Å²) in [4.78, 5) is 12.5. The third-order valence-corrected chi connectivity index (χ3v) is 2.70. The summed E-state index contributed by atoms with van der Waals surface area (Å²) in [5.41, 5.74) is 0.745. The highest BCUT2D eigenvalue weighted by molar-refractivity contribution is 7.98. The smallest absolute Gasteiger partial charge is 0.319 e. The quantitative estimate of drug-likeness (QED) is 0.704. The normalized spacial score (nSPS) is 11.9. The molecule has 0 unspecified atom stereocenters. The van der Waals surface area contributed by atoms with Gasteiger partial charge < -0.3 is 15.7 Å². The number of amides is 2. The average Bonchev–Trinajstić information content (AvgIpc) is 2.28. The first-order chi connectivity index (χ1) is 7.65. The number of urea groups is 1. The number of nitrogens with one attached hydrogen (secondary N) is 2. The molecule has 0 spiro atoms.